The van der Waals surface area contributed by atoms with Gasteiger partial charge in [-0.25, -0.2) is 0 Å². The summed E-state index contributed by atoms with van der Waals surface area (Å²) in [7, 11) is 0. The summed E-state index contributed by atoms with van der Waals surface area (Å²) in [6, 6.07) is 8.36. The van der Waals surface area contributed by atoms with Gasteiger partial charge in [0.1, 0.15) is 0 Å². The second kappa shape index (κ2) is 4.41. The van der Waals surface area contributed by atoms with Crippen molar-refractivity contribution in [1.82, 2.24) is 0 Å². The first-order chi connectivity index (χ1) is 8.02. The Labute approximate surface area is 104 Å². The van der Waals surface area contributed by atoms with Gasteiger partial charge in [-0.2, -0.15) is 5.26 Å². The summed E-state index contributed by atoms with van der Waals surface area (Å²) >= 11 is 0. The van der Waals surface area contributed by atoms with Crippen LogP contribution in [0.2, 0.25) is 0 Å². The normalized spacial score (nSPS) is 18.8. The van der Waals surface area contributed by atoms with Crippen LogP contribution in [0.4, 0.5) is 5.69 Å². The molecular weight excluding hydrogens is 208 g/mol. The van der Waals surface area contributed by atoms with Crippen molar-refractivity contribution >= 4 is 5.69 Å². The number of nitrogens with zero attached hydrogens (tertiary/aromatic N) is 2. The Morgan fingerprint density at radius 2 is 1.88 bits per heavy atom. The quantitative estimate of drug-likeness (QED) is 0.735. The Balaban J connectivity index is 2.14. The fraction of sp³-hybridized carbons (Fsp3) is 0.533. The number of nitriles is 1. The zero-order valence-electron chi connectivity index (χ0n) is 11.0. The molecule has 1 aliphatic rings. The van der Waals surface area contributed by atoms with Crippen molar-refractivity contribution in [3.8, 4) is 6.07 Å². The van der Waals surface area contributed by atoms with E-state index in [1.807, 2.05) is 13.0 Å². The van der Waals surface area contributed by atoms with Crippen LogP contribution in [0.25, 0.3) is 0 Å². The van der Waals surface area contributed by atoms with Gasteiger partial charge in [0.2, 0.25) is 0 Å². The molecule has 2 rings (SSSR count). The van der Waals surface area contributed by atoms with Gasteiger partial charge in [-0.3, -0.25) is 0 Å². The third-order valence-electron chi connectivity index (χ3n) is 3.81. The van der Waals surface area contributed by atoms with Gasteiger partial charge < -0.3 is 4.90 Å². The highest BCUT2D eigenvalue weighted by Crippen LogP contribution is 2.32. The maximum absolute atomic E-state index is 8.92. The molecule has 2 nitrogen and oxygen atoms in total. The minimum atomic E-state index is 0.484. The van der Waals surface area contributed by atoms with Crippen LogP contribution in [0, 0.1) is 23.7 Å². The summed E-state index contributed by atoms with van der Waals surface area (Å²) in [6.07, 6.45) is 2.48. The van der Waals surface area contributed by atoms with Gasteiger partial charge in [0.25, 0.3) is 0 Å². The Hall–Kier alpha value is -1.49. The Morgan fingerprint density at radius 3 is 2.41 bits per heavy atom. The van der Waals surface area contributed by atoms with Crippen LogP contribution in [-0.2, 0) is 0 Å². The number of aryl methyl sites for hydroxylation is 1. The third kappa shape index (κ3) is 2.61. The van der Waals surface area contributed by atoms with Crippen molar-refractivity contribution in [1.29, 1.82) is 5.26 Å². The summed E-state index contributed by atoms with van der Waals surface area (Å²) < 4.78 is 0. The molecule has 0 spiro atoms. The molecule has 1 saturated heterocycles. The molecule has 0 aromatic heterocycles. The molecule has 0 aliphatic carbocycles. The zero-order chi connectivity index (χ0) is 12.5. The van der Waals surface area contributed by atoms with E-state index in [2.05, 4.69) is 36.9 Å². The zero-order valence-corrected chi connectivity index (χ0v) is 11.0. The van der Waals surface area contributed by atoms with Gasteiger partial charge in [0.15, 0.2) is 0 Å². The molecule has 1 aliphatic heterocycles. The molecule has 0 unspecified atom stereocenters. The van der Waals surface area contributed by atoms with E-state index in [0.29, 0.717) is 5.41 Å². The molecule has 0 bridgehead atoms. The number of anilines is 1. The molecule has 1 heterocycles. The van der Waals surface area contributed by atoms with Crippen molar-refractivity contribution in [3.63, 3.8) is 0 Å². The fourth-order valence-electron chi connectivity index (χ4n) is 2.34. The SMILES string of the molecule is Cc1cc(N2CCC(C)(C)CC2)ccc1C#N. The highest BCUT2D eigenvalue weighted by atomic mass is 15.1. The number of benzene rings is 1. The predicted molar refractivity (Wildman–Crippen MR) is 71.1 cm³/mol. The molecule has 0 N–H and O–H groups in total. The van der Waals surface area contributed by atoms with E-state index >= 15 is 0 Å². The lowest BCUT2D eigenvalue weighted by Gasteiger charge is -2.38. The van der Waals surface area contributed by atoms with E-state index < -0.39 is 0 Å². The molecule has 1 fully saturated rings. The second-order valence-electron chi connectivity index (χ2n) is 5.76. The van der Waals surface area contributed by atoms with Crippen molar-refractivity contribution in [2.75, 3.05) is 18.0 Å². The maximum atomic E-state index is 8.92. The highest BCUT2D eigenvalue weighted by Gasteiger charge is 2.25. The topological polar surface area (TPSA) is 27.0 Å². The van der Waals surface area contributed by atoms with E-state index in [1.54, 1.807) is 0 Å². The summed E-state index contributed by atoms with van der Waals surface area (Å²) in [5.74, 6) is 0. The lowest BCUT2D eigenvalue weighted by molar-refractivity contribution is 0.280. The van der Waals surface area contributed by atoms with Crippen LogP contribution in [0.1, 0.15) is 37.8 Å². The first kappa shape index (κ1) is 12.0. The number of rotatable bonds is 1. The molecule has 1 aromatic rings. The number of hydrogen-bond donors (Lipinski definition) is 0. The smallest absolute Gasteiger partial charge is 0.0994 e. The molecule has 0 atom stereocenters. The van der Waals surface area contributed by atoms with E-state index in [0.717, 1.165) is 24.2 Å². The van der Waals surface area contributed by atoms with E-state index in [1.165, 1.54) is 18.5 Å². The average molecular weight is 228 g/mol. The fourth-order valence-corrected chi connectivity index (χ4v) is 2.34. The summed E-state index contributed by atoms with van der Waals surface area (Å²) in [4.78, 5) is 2.43. The Kier molecular flexibility index (Phi) is 3.11. The lowest BCUT2D eigenvalue weighted by atomic mass is 9.82. The Bertz CT molecular complexity index is 444. The molecule has 0 radical (unpaired) electrons. The highest BCUT2D eigenvalue weighted by molar-refractivity contribution is 5.53. The van der Waals surface area contributed by atoms with E-state index in [4.69, 9.17) is 5.26 Å². The minimum Gasteiger partial charge on any atom is -0.371 e. The van der Waals surface area contributed by atoms with Crippen molar-refractivity contribution < 1.29 is 0 Å². The third-order valence-corrected chi connectivity index (χ3v) is 3.81. The lowest BCUT2D eigenvalue weighted by Crippen LogP contribution is -2.37. The van der Waals surface area contributed by atoms with Crippen LogP contribution < -0.4 is 4.90 Å². The second-order valence-corrected chi connectivity index (χ2v) is 5.76. The maximum Gasteiger partial charge on any atom is 0.0994 e. The van der Waals surface area contributed by atoms with Gasteiger partial charge in [-0.05, 0) is 48.9 Å². The Morgan fingerprint density at radius 1 is 1.24 bits per heavy atom. The molecular formula is C15H20N2. The molecule has 90 valence electrons. The van der Waals surface area contributed by atoms with Crippen LogP contribution in [0.3, 0.4) is 0 Å². The van der Waals surface area contributed by atoms with Crippen LogP contribution in [0.15, 0.2) is 18.2 Å². The standard InChI is InChI=1S/C15H20N2/c1-12-10-14(5-4-13(12)11-16)17-8-6-15(2,3)7-9-17/h4-5,10H,6-9H2,1-3H3. The van der Waals surface area contributed by atoms with E-state index in [9.17, 15) is 0 Å². The van der Waals surface area contributed by atoms with Crippen LogP contribution in [0.5, 0.6) is 0 Å². The average Bonchev–Trinajstić information content (AvgIpc) is 2.29. The summed E-state index contributed by atoms with van der Waals surface area (Å²) in [6.45, 7) is 8.94. The van der Waals surface area contributed by atoms with Crippen LogP contribution >= 0.6 is 0 Å². The van der Waals surface area contributed by atoms with Crippen LogP contribution in [-0.4, -0.2) is 13.1 Å². The predicted octanol–water partition coefficient (Wildman–Crippen LogP) is 3.49. The number of hydrogen-bond acceptors (Lipinski definition) is 2. The van der Waals surface area contributed by atoms with Gasteiger partial charge in [-0.1, -0.05) is 13.8 Å². The van der Waals surface area contributed by atoms with Gasteiger partial charge in [0.05, 0.1) is 11.6 Å². The van der Waals surface area contributed by atoms with Crippen molar-refractivity contribution in [2.24, 2.45) is 5.41 Å². The minimum absolute atomic E-state index is 0.484. The first-order valence-corrected chi connectivity index (χ1v) is 6.27. The largest absolute Gasteiger partial charge is 0.371 e. The van der Waals surface area contributed by atoms with Gasteiger partial charge in [0, 0.05) is 18.8 Å². The van der Waals surface area contributed by atoms with E-state index in [-0.39, 0.29) is 0 Å². The number of piperidine rings is 1. The molecule has 1 aromatic carbocycles. The van der Waals surface area contributed by atoms with Gasteiger partial charge in [-0.15, -0.1) is 0 Å². The monoisotopic (exact) mass is 228 g/mol. The summed E-state index contributed by atoms with van der Waals surface area (Å²) in [5, 5.41) is 8.92. The van der Waals surface area contributed by atoms with Crippen molar-refractivity contribution in [2.45, 2.75) is 33.6 Å². The first-order valence-electron chi connectivity index (χ1n) is 6.27. The molecule has 0 amide bonds. The van der Waals surface area contributed by atoms with Gasteiger partial charge >= 0.3 is 0 Å². The molecule has 17 heavy (non-hydrogen) atoms. The van der Waals surface area contributed by atoms with Crippen molar-refractivity contribution in [3.05, 3.63) is 29.3 Å². The summed E-state index contributed by atoms with van der Waals surface area (Å²) in [5.41, 5.74) is 3.61. The molecule has 0 saturated carbocycles. The molecule has 2 heteroatoms.